The largest absolute Gasteiger partial charge is 0.487 e. The van der Waals surface area contributed by atoms with E-state index in [0.29, 0.717) is 23.8 Å². The molecule has 6 nitrogen and oxygen atoms in total. The van der Waals surface area contributed by atoms with Gasteiger partial charge < -0.3 is 14.8 Å². The number of hydrogen-bond acceptors (Lipinski definition) is 6. The van der Waals surface area contributed by atoms with Gasteiger partial charge >= 0.3 is 5.97 Å². The first-order chi connectivity index (χ1) is 12.3. The lowest BCUT2D eigenvalue weighted by molar-refractivity contribution is -0.125. The third kappa shape index (κ3) is 6.15. The smallest absolute Gasteiger partial charge is 0.338 e. The summed E-state index contributed by atoms with van der Waals surface area (Å²) in [6.45, 7) is 7.96. The number of amides is 1. The van der Waals surface area contributed by atoms with Crippen molar-refractivity contribution in [3.8, 4) is 5.75 Å². The lowest BCUT2D eigenvalue weighted by Crippen LogP contribution is -2.38. The summed E-state index contributed by atoms with van der Waals surface area (Å²) in [7, 11) is 0. The summed E-state index contributed by atoms with van der Waals surface area (Å²) in [4.78, 5) is 28.1. The number of nitrogens with one attached hydrogen (secondary N) is 1. The zero-order valence-corrected chi connectivity index (χ0v) is 16.3. The number of nitrogens with zero attached hydrogens (tertiary/aromatic N) is 1. The van der Waals surface area contributed by atoms with E-state index in [-0.39, 0.29) is 18.6 Å². The van der Waals surface area contributed by atoms with Crippen LogP contribution in [0, 0.1) is 12.8 Å². The Balaban J connectivity index is 1.79. The van der Waals surface area contributed by atoms with Gasteiger partial charge in [-0.1, -0.05) is 13.8 Å². The van der Waals surface area contributed by atoms with Crippen LogP contribution in [0.25, 0.3) is 0 Å². The zero-order chi connectivity index (χ0) is 19.1. The van der Waals surface area contributed by atoms with Crippen molar-refractivity contribution in [3.63, 3.8) is 0 Å². The number of hydrogen-bond donors (Lipinski definition) is 1. The van der Waals surface area contributed by atoms with Crippen molar-refractivity contribution in [3.05, 3.63) is 45.9 Å². The molecule has 0 bridgehead atoms. The second kappa shape index (κ2) is 9.33. The maximum Gasteiger partial charge on any atom is 0.338 e. The van der Waals surface area contributed by atoms with Gasteiger partial charge in [0.2, 0.25) is 0 Å². The number of ether oxygens (including phenoxy) is 2. The van der Waals surface area contributed by atoms with Crippen molar-refractivity contribution in [2.75, 3.05) is 6.61 Å². The van der Waals surface area contributed by atoms with Crippen LogP contribution in [0.4, 0.5) is 0 Å². The van der Waals surface area contributed by atoms with E-state index in [1.165, 1.54) is 0 Å². The third-order valence-corrected chi connectivity index (χ3v) is 4.69. The third-order valence-electron chi connectivity index (χ3n) is 3.87. The molecular weight excluding hydrogens is 352 g/mol. The zero-order valence-electron chi connectivity index (χ0n) is 15.4. The van der Waals surface area contributed by atoms with E-state index in [1.54, 1.807) is 35.6 Å². The molecule has 2 rings (SSSR count). The summed E-state index contributed by atoms with van der Waals surface area (Å²) in [5.74, 6) is 0.100. The first-order valence-corrected chi connectivity index (χ1v) is 9.33. The number of benzene rings is 1. The van der Waals surface area contributed by atoms with Crippen molar-refractivity contribution in [2.45, 2.75) is 40.3 Å². The van der Waals surface area contributed by atoms with Crippen LogP contribution in [0.1, 0.15) is 41.8 Å². The van der Waals surface area contributed by atoms with Crippen molar-refractivity contribution in [1.82, 2.24) is 10.3 Å². The van der Waals surface area contributed by atoms with Crippen molar-refractivity contribution < 1.29 is 19.1 Å². The lowest BCUT2D eigenvalue weighted by Gasteiger charge is -2.17. The van der Waals surface area contributed by atoms with Gasteiger partial charge in [0, 0.05) is 11.4 Å². The molecule has 1 atom stereocenters. The molecule has 0 aliphatic rings. The summed E-state index contributed by atoms with van der Waals surface area (Å²) in [6.07, 6.45) is 0. The number of carbonyl (C=O) groups excluding carboxylic acids is 2. The summed E-state index contributed by atoms with van der Waals surface area (Å²) >= 11 is 1.57. The Kier molecular flexibility index (Phi) is 7.15. The van der Waals surface area contributed by atoms with E-state index in [1.807, 2.05) is 33.1 Å². The number of carbonyl (C=O) groups is 2. The minimum absolute atomic E-state index is 0.0270. The minimum Gasteiger partial charge on any atom is -0.487 e. The Hall–Kier alpha value is -2.41. The fourth-order valence-electron chi connectivity index (χ4n) is 2.00. The minimum atomic E-state index is -0.543. The molecule has 0 radical (unpaired) electrons. The molecular formula is C19H24N2O4S. The van der Waals surface area contributed by atoms with Crippen LogP contribution < -0.4 is 10.1 Å². The first-order valence-electron chi connectivity index (χ1n) is 8.45. The van der Waals surface area contributed by atoms with Gasteiger partial charge in [0.1, 0.15) is 12.4 Å². The van der Waals surface area contributed by atoms with Gasteiger partial charge in [0.05, 0.1) is 16.3 Å². The van der Waals surface area contributed by atoms with E-state index in [9.17, 15) is 9.59 Å². The molecule has 2 aromatic rings. The van der Waals surface area contributed by atoms with Crippen LogP contribution in [0.5, 0.6) is 5.75 Å². The number of rotatable bonds is 8. The summed E-state index contributed by atoms with van der Waals surface area (Å²) < 4.78 is 10.7. The number of aryl methyl sites for hydroxylation is 1. The van der Waals surface area contributed by atoms with Crippen LogP contribution in [-0.4, -0.2) is 29.5 Å². The second-order valence-electron chi connectivity index (χ2n) is 6.35. The average Bonchev–Trinajstić information content (AvgIpc) is 3.03. The van der Waals surface area contributed by atoms with E-state index >= 15 is 0 Å². The Morgan fingerprint density at radius 2 is 1.88 bits per heavy atom. The monoisotopic (exact) mass is 376 g/mol. The fraction of sp³-hybridized carbons (Fsp3) is 0.421. The van der Waals surface area contributed by atoms with Crippen LogP contribution in [-0.2, 0) is 16.1 Å². The molecule has 1 amide bonds. The lowest BCUT2D eigenvalue weighted by atomic mass is 10.1. The van der Waals surface area contributed by atoms with E-state index in [0.717, 1.165) is 10.7 Å². The van der Waals surface area contributed by atoms with Crippen molar-refractivity contribution in [1.29, 1.82) is 0 Å². The van der Waals surface area contributed by atoms with Gasteiger partial charge in [0.25, 0.3) is 5.91 Å². The molecule has 0 fully saturated rings. The van der Waals surface area contributed by atoms with E-state index in [4.69, 9.17) is 9.47 Å². The number of aromatic nitrogens is 1. The fourth-order valence-corrected chi connectivity index (χ4v) is 2.59. The van der Waals surface area contributed by atoms with Crippen LogP contribution >= 0.6 is 11.3 Å². The normalized spacial score (nSPS) is 11.9. The highest BCUT2D eigenvalue weighted by Gasteiger charge is 2.14. The first kappa shape index (κ1) is 19.9. The van der Waals surface area contributed by atoms with Gasteiger partial charge in [-0.15, -0.1) is 11.3 Å². The topological polar surface area (TPSA) is 77.5 Å². The molecule has 140 valence electrons. The molecule has 7 heteroatoms. The van der Waals surface area contributed by atoms with E-state index in [2.05, 4.69) is 10.3 Å². The van der Waals surface area contributed by atoms with Gasteiger partial charge in [0.15, 0.2) is 6.61 Å². The molecule has 1 aromatic heterocycles. The number of thiazole rings is 1. The highest BCUT2D eigenvalue weighted by molar-refractivity contribution is 7.09. The Labute approximate surface area is 157 Å². The van der Waals surface area contributed by atoms with Gasteiger partial charge in [-0.05, 0) is 44.0 Å². The molecule has 26 heavy (non-hydrogen) atoms. The molecule has 0 unspecified atom stereocenters. The molecule has 0 aliphatic heterocycles. The highest BCUT2D eigenvalue weighted by atomic mass is 32.1. The van der Waals surface area contributed by atoms with Crippen LogP contribution in [0.2, 0.25) is 0 Å². The van der Waals surface area contributed by atoms with Gasteiger partial charge in [-0.25, -0.2) is 9.78 Å². The summed E-state index contributed by atoms with van der Waals surface area (Å²) in [6, 6.07) is 6.63. The SMILES string of the molecule is Cc1nc(COc2ccc(C(=O)OCC(=O)N[C@H](C)C(C)C)cc2)cs1. The van der Waals surface area contributed by atoms with Crippen molar-refractivity contribution in [2.24, 2.45) is 5.92 Å². The average molecular weight is 376 g/mol. The standard InChI is InChI=1S/C19H24N2O4S/c1-12(2)13(3)20-18(22)10-25-19(23)15-5-7-17(8-6-15)24-9-16-11-26-14(4)21-16/h5-8,11-13H,9-10H2,1-4H3,(H,20,22)/t13-/m1/s1. The molecule has 0 saturated heterocycles. The summed E-state index contributed by atoms with van der Waals surface area (Å²) in [5, 5.41) is 5.73. The second-order valence-corrected chi connectivity index (χ2v) is 7.41. The summed E-state index contributed by atoms with van der Waals surface area (Å²) in [5.41, 5.74) is 1.24. The Morgan fingerprint density at radius 3 is 2.46 bits per heavy atom. The molecule has 1 heterocycles. The predicted molar refractivity (Wildman–Crippen MR) is 100 cm³/mol. The molecule has 0 aliphatic carbocycles. The van der Waals surface area contributed by atoms with E-state index < -0.39 is 5.97 Å². The molecule has 0 spiro atoms. The Bertz CT molecular complexity index is 740. The number of esters is 1. The van der Waals surface area contributed by atoms with Crippen LogP contribution in [0.3, 0.4) is 0 Å². The predicted octanol–water partition coefficient (Wildman–Crippen LogP) is 3.35. The quantitative estimate of drug-likeness (QED) is 0.715. The van der Waals surface area contributed by atoms with Crippen LogP contribution in [0.15, 0.2) is 29.6 Å². The molecule has 1 aromatic carbocycles. The molecule has 1 N–H and O–H groups in total. The highest BCUT2D eigenvalue weighted by Crippen LogP contribution is 2.16. The van der Waals surface area contributed by atoms with Gasteiger partial charge in [-0.2, -0.15) is 0 Å². The van der Waals surface area contributed by atoms with Crippen molar-refractivity contribution >= 4 is 23.2 Å². The maximum atomic E-state index is 12.0. The Morgan fingerprint density at radius 1 is 1.19 bits per heavy atom. The molecule has 0 saturated carbocycles. The maximum absolute atomic E-state index is 12.0. The van der Waals surface area contributed by atoms with Gasteiger partial charge in [-0.3, -0.25) is 4.79 Å².